The lowest BCUT2D eigenvalue weighted by Crippen LogP contribution is -2.53. The highest BCUT2D eigenvalue weighted by molar-refractivity contribution is 7.92. The van der Waals surface area contributed by atoms with E-state index in [4.69, 9.17) is 4.84 Å². The largest absolute Gasteiger partial charge is 0.506 e. The van der Waals surface area contributed by atoms with Crippen molar-refractivity contribution in [2.45, 2.75) is 43.7 Å². The van der Waals surface area contributed by atoms with Crippen molar-refractivity contribution in [3.8, 4) is 0 Å². The standard InChI is InChI=1S/C30H32N4O7S2/c1-19(2)15-16-30(34-41-18-20-9-5-4-6-10-20)23-12-8-7-11-22(23)27(35)26(28(30)36)29-31-24-14-13-21(32-42(3,37)38)17-25(24)43(39,40)33-29/h4-14,17,19,32,34-35H,15-16,18H2,1-3H3,(H,31,33). The number of nitrogens with zero attached hydrogens (tertiary/aromatic N) is 1. The van der Waals surface area contributed by atoms with Gasteiger partial charge in [0.05, 0.1) is 18.6 Å². The van der Waals surface area contributed by atoms with Gasteiger partial charge in [0, 0.05) is 11.3 Å². The number of carbonyl (C=O) groups excluding carboxylic acids is 1. The Bertz CT molecular complexity index is 1850. The summed E-state index contributed by atoms with van der Waals surface area (Å²) < 4.78 is 56.2. The number of Topliss-reactive ketones (excluding diaryl/α,β-unsaturated/α-hetero) is 1. The summed E-state index contributed by atoms with van der Waals surface area (Å²) >= 11 is 0. The number of anilines is 2. The quantitative estimate of drug-likeness (QED) is 0.238. The summed E-state index contributed by atoms with van der Waals surface area (Å²) in [7, 11) is -8.08. The van der Waals surface area contributed by atoms with Crippen molar-refractivity contribution in [3.05, 3.63) is 95.1 Å². The molecule has 0 saturated heterocycles. The first-order valence-corrected chi connectivity index (χ1v) is 16.9. The summed E-state index contributed by atoms with van der Waals surface area (Å²) in [6.07, 6.45) is 1.83. The maximum Gasteiger partial charge on any atom is 0.286 e. The van der Waals surface area contributed by atoms with Crippen molar-refractivity contribution in [2.75, 3.05) is 16.3 Å². The second kappa shape index (κ2) is 11.6. The minimum atomic E-state index is -4.42. The normalized spacial score (nSPS) is 19.3. The maximum atomic E-state index is 14.6. The number of hydroxylamine groups is 1. The fourth-order valence-electron chi connectivity index (χ4n) is 5.13. The third-order valence-electron chi connectivity index (χ3n) is 7.18. The van der Waals surface area contributed by atoms with Gasteiger partial charge in [-0.15, -0.1) is 4.40 Å². The molecule has 1 unspecified atom stereocenters. The highest BCUT2D eigenvalue weighted by Crippen LogP contribution is 2.43. The predicted molar refractivity (Wildman–Crippen MR) is 164 cm³/mol. The van der Waals surface area contributed by atoms with Crippen molar-refractivity contribution in [1.82, 2.24) is 5.48 Å². The van der Waals surface area contributed by atoms with E-state index in [0.29, 0.717) is 17.5 Å². The Morgan fingerprint density at radius 2 is 1.74 bits per heavy atom. The van der Waals surface area contributed by atoms with Crippen molar-refractivity contribution in [3.63, 3.8) is 0 Å². The lowest BCUT2D eigenvalue weighted by atomic mass is 9.71. The van der Waals surface area contributed by atoms with Gasteiger partial charge in [-0.05, 0) is 48.1 Å². The van der Waals surface area contributed by atoms with Crippen LogP contribution in [0.4, 0.5) is 11.4 Å². The van der Waals surface area contributed by atoms with Crippen LogP contribution in [-0.2, 0) is 41.8 Å². The Hall–Kier alpha value is -4.04. The fraction of sp³-hybridized carbons (Fsp3) is 0.267. The summed E-state index contributed by atoms with van der Waals surface area (Å²) in [5.74, 6) is -1.18. The Kier molecular flexibility index (Phi) is 8.18. The molecule has 43 heavy (non-hydrogen) atoms. The van der Waals surface area contributed by atoms with Crippen LogP contribution in [0.3, 0.4) is 0 Å². The van der Waals surface area contributed by atoms with Gasteiger partial charge in [-0.1, -0.05) is 68.4 Å². The molecule has 0 aromatic heterocycles. The number of fused-ring (bicyclic) bond motifs is 2. The third kappa shape index (κ3) is 6.20. The van der Waals surface area contributed by atoms with E-state index in [-0.39, 0.29) is 46.6 Å². The Morgan fingerprint density at radius 1 is 1.05 bits per heavy atom. The summed E-state index contributed by atoms with van der Waals surface area (Å²) in [6, 6.07) is 20.1. The van der Waals surface area contributed by atoms with Crippen LogP contribution in [0.1, 0.15) is 43.4 Å². The van der Waals surface area contributed by atoms with E-state index in [9.17, 15) is 26.7 Å². The second-order valence-corrected chi connectivity index (χ2v) is 14.3. The molecule has 3 aromatic rings. The van der Waals surface area contributed by atoms with Gasteiger partial charge in [-0.2, -0.15) is 13.9 Å². The van der Waals surface area contributed by atoms with Crippen LogP contribution in [0, 0.1) is 5.92 Å². The fourth-order valence-corrected chi connectivity index (χ4v) is 6.83. The lowest BCUT2D eigenvalue weighted by molar-refractivity contribution is -0.132. The second-order valence-electron chi connectivity index (χ2n) is 10.9. The van der Waals surface area contributed by atoms with Gasteiger partial charge in [-0.3, -0.25) is 14.4 Å². The van der Waals surface area contributed by atoms with Crippen LogP contribution in [0.15, 0.2) is 87.7 Å². The van der Waals surface area contributed by atoms with Gasteiger partial charge in [-0.25, -0.2) is 8.42 Å². The molecule has 0 amide bonds. The van der Waals surface area contributed by atoms with Crippen molar-refractivity contribution in [1.29, 1.82) is 0 Å². The first-order chi connectivity index (χ1) is 20.3. The minimum absolute atomic E-state index is 0.0301. The van der Waals surface area contributed by atoms with Gasteiger partial charge in [0.15, 0.2) is 11.6 Å². The number of carbonyl (C=O) groups is 1. The van der Waals surface area contributed by atoms with Crippen molar-refractivity contribution < 1.29 is 31.6 Å². The molecule has 11 nitrogen and oxygen atoms in total. The van der Waals surface area contributed by atoms with Crippen LogP contribution < -0.4 is 15.5 Å². The molecule has 1 heterocycles. The van der Waals surface area contributed by atoms with Crippen molar-refractivity contribution in [2.24, 2.45) is 10.3 Å². The molecule has 0 spiro atoms. The average Bonchev–Trinajstić information content (AvgIpc) is 2.94. The van der Waals surface area contributed by atoms with E-state index in [1.807, 2.05) is 44.2 Å². The molecule has 0 saturated carbocycles. The Labute approximate surface area is 250 Å². The van der Waals surface area contributed by atoms with E-state index < -0.39 is 37.1 Å². The van der Waals surface area contributed by atoms with Gasteiger partial charge in [0.2, 0.25) is 10.0 Å². The molecule has 0 bridgehead atoms. The SMILES string of the molecule is CC(C)CCC1(NOCc2ccccc2)C(=O)C(C2=NS(=O)(=O)c3cc(NS(C)(=O)=O)ccc3N2)=C(O)c2ccccc21. The summed E-state index contributed by atoms with van der Waals surface area (Å²) in [4.78, 5) is 20.2. The van der Waals surface area contributed by atoms with E-state index in [1.54, 1.807) is 24.3 Å². The van der Waals surface area contributed by atoms with Crippen molar-refractivity contribution >= 4 is 48.8 Å². The smallest absolute Gasteiger partial charge is 0.286 e. The lowest BCUT2D eigenvalue weighted by Gasteiger charge is -2.39. The van der Waals surface area contributed by atoms with Gasteiger partial charge >= 0.3 is 0 Å². The maximum absolute atomic E-state index is 14.6. The molecule has 226 valence electrons. The Balaban J connectivity index is 1.59. The van der Waals surface area contributed by atoms with Gasteiger partial charge < -0.3 is 10.4 Å². The predicted octanol–water partition coefficient (Wildman–Crippen LogP) is 4.48. The molecular weight excluding hydrogens is 592 g/mol. The molecule has 4 N–H and O–H groups in total. The average molecular weight is 625 g/mol. The molecule has 0 fully saturated rings. The van der Waals surface area contributed by atoms with E-state index >= 15 is 0 Å². The zero-order valence-electron chi connectivity index (χ0n) is 23.8. The number of nitrogens with one attached hydrogen (secondary N) is 3. The highest BCUT2D eigenvalue weighted by atomic mass is 32.2. The number of aliphatic hydroxyl groups excluding tert-OH is 1. The summed E-state index contributed by atoms with van der Waals surface area (Å²) in [5, 5.41) is 14.3. The number of sulfonamides is 2. The van der Waals surface area contributed by atoms with Crippen LogP contribution in [0.2, 0.25) is 0 Å². The number of ketones is 1. The number of benzene rings is 3. The van der Waals surface area contributed by atoms with E-state index in [1.165, 1.54) is 12.1 Å². The highest BCUT2D eigenvalue weighted by Gasteiger charge is 2.50. The topological polar surface area (TPSA) is 163 Å². The molecule has 3 aromatic carbocycles. The number of amidine groups is 1. The molecule has 1 aliphatic heterocycles. The molecule has 2 aliphatic rings. The number of rotatable bonds is 10. The third-order valence-corrected chi connectivity index (χ3v) is 9.11. The number of hydrogen-bond acceptors (Lipinski definition) is 9. The first-order valence-electron chi connectivity index (χ1n) is 13.6. The zero-order chi connectivity index (χ0) is 31.0. The van der Waals surface area contributed by atoms with Crippen LogP contribution in [-0.4, -0.2) is 39.8 Å². The van der Waals surface area contributed by atoms with E-state index in [2.05, 4.69) is 19.9 Å². The molecule has 1 aliphatic carbocycles. The first kappa shape index (κ1) is 30.4. The minimum Gasteiger partial charge on any atom is -0.506 e. The van der Waals surface area contributed by atoms with Gasteiger partial charge in [0.25, 0.3) is 10.0 Å². The molecular formula is C30H32N4O7S2. The molecule has 1 atom stereocenters. The molecule has 5 rings (SSSR count). The van der Waals surface area contributed by atoms with Crippen LogP contribution >= 0.6 is 0 Å². The van der Waals surface area contributed by atoms with Crippen LogP contribution in [0.25, 0.3) is 5.76 Å². The summed E-state index contributed by atoms with van der Waals surface area (Å²) in [6.45, 7) is 4.19. The summed E-state index contributed by atoms with van der Waals surface area (Å²) in [5.41, 5.74) is 3.01. The number of hydrogen-bond donors (Lipinski definition) is 4. The van der Waals surface area contributed by atoms with Crippen LogP contribution in [0.5, 0.6) is 0 Å². The van der Waals surface area contributed by atoms with E-state index in [0.717, 1.165) is 17.9 Å². The monoisotopic (exact) mass is 624 g/mol. The number of aliphatic hydroxyl groups is 1. The Morgan fingerprint density at radius 3 is 2.44 bits per heavy atom. The van der Waals surface area contributed by atoms with Gasteiger partial charge in [0.1, 0.15) is 21.8 Å². The molecule has 0 radical (unpaired) electrons. The molecule has 13 heteroatoms. The zero-order valence-corrected chi connectivity index (χ0v) is 25.4.